The molecule has 5 nitrogen and oxygen atoms in total. The summed E-state index contributed by atoms with van der Waals surface area (Å²) in [5, 5.41) is 0. The highest BCUT2D eigenvalue weighted by molar-refractivity contribution is 5.90. The monoisotopic (exact) mass is 213 g/mol. The van der Waals surface area contributed by atoms with E-state index < -0.39 is 5.91 Å². The third-order valence-electron chi connectivity index (χ3n) is 1.40. The maximum Gasteiger partial charge on any atom is 0.330 e. The number of ether oxygens (including phenoxy) is 2. The first-order valence-electron chi connectivity index (χ1n) is 4.33. The molecule has 1 rings (SSSR count). The fourth-order valence-electron chi connectivity index (χ4n) is 0.398. The van der Waals surface area contributed by atoms with Crippen molar-refractivity contribution in [2.24, 2.45) is 5.73 Å². The van der Waals surface area contributed by atoms with Gasteiger partial charge in [-0.1, -0.05) is 13.2 Å². The topological polar surface area (TPSA) is 81.9 Å². The van der Waals surface area contributed by atoms with Gasteiger partial charge < -0.3 is 15.2 Å². The fraction of sp³-hybridized carbons (Fsp3) is 0.400. The highest BCUT2D eigenvalue weighted by atomic mass is 16.6. The van der Waals surface area contributed by atoms with Crippen LogP contribution in [0.15, 0.2) is 24.8 Å². The van der Waals surface area contributed by atoms with Gasteiger partial charge in [-0.25, -0.2) is 4.79 Å². The first-order chi connectivity index (χ1) is 6.97. The zero-order chi connectivity index (χ0) is 11.8. The number of carbonyl (C=O) groups excluding carboxylic acids is 2. The van der Waals surface area contributed by atoms with Crippen LogP contribution in [-0.2, 0) is 19.1 Å². The van der Waals surface area contributed by atoms with Gasteiger partial charge in [0.15, 0.2) is 0 Å². The molecule has 0 aromatic carbocycles. The average Bonchev–Trinajstić information content (AvgIpc) is 2.98. The van der Waals surface area contributed by atoms with Crippen molar-refractivity contribution in [2.45, 2.75) is 13.0 Å². The van der Waals surface area contributed by atoms with Crippen molar-refractivity contribution in [3.63, 3.8) is 0 Å². The number of hydrogen-bond acceptors (Lipinski definition) is 4. The van der Waals surface area contributed by atoms with Crippen molar-refractivity contribution < 1.29 is 19.1 Å². The molecule has 0 aromatic rings. The molecule has 84 valence electrons. The first kappa shape index (κ1) is 13.4. The minimum Gasteiger partial charge on any atom is -0.460 e. The van der Waals surface area contributed by atoms with Gasteiger partial charge in [-0.3, -0.25) is 4.79 Å². The van der Waals surface area contributed by atoms with Gasteiger partial charge in [-0.2, -0.15) is 0 Å². The molecule has 5 heteroatoms. The molecule has 1 amide bonds. The Balaban J connectivity index is 0.000000288. The molecule has 0 aliphatic carbocycles. The lowest BCUT2D eigenvalue weighted by molar-refractivity contribution is -0.138. The van der Waals surface area contributed by atoms with E-state index in [0.717, 1.165) is 6.08 Å². The van der Waals surface area contributed by atoms with Crippen LogP contribution in [0.1, 0.15) is 6.92 Å². The Bertz CT molecular complexity index is 257. The zero-order valence-corrected chi connectivity index (χ0v) is 8.69. The lowest BCUT2D eigenvalue weighted by Gasteiger charge is -1.94. The first-order valence-corrected chi connectivity index (χ1v) is 4.33. The van der Waals surface area contributed by atoms with Gasteiger partial charge in [0.1, 0.15) is 12.7 Å². The fourth-order valence-corrected chi connectivity index (χ4v) is 0.398. The third kappa shape index (κ3) is 8.70. The summed E-state index contributed by atoms with van der Waals surface area (Å²) in [5.41, 5.74) is 5.09. The van der Waals surface area contributed by atoms with E-state index in [9.17, 15) is 9.59 Å². The molecule has 2 N–H and O–H groups in total. The van der Waals surface area contributed by atoms with Gasteiger partial charge >= 0.3 is 5.97 Å². The molecule has 0 saturated carbocycles. The number of esters is 1. The van der Waals surface area contributed by atoms with E-state index in [1.165, 1.54) is 0 Å². The average molecular weight is 213 g/mol. The van der Waals surface area contributed by atoms with Crippen molar-refractivity contribution in [2.75, 3.05) is 13.2 Å². The van der Waals surface area contributed by atoms with Crippen molar-refractivity contribution >= 4 is 11.9 Å². The van der Waals surface area contributed by atoms with Crippen LogP contribution in [0.4, 0.5) is 0 Å². The minimum atomic E-state index is -0.435. The van der Waals surface area contributed by atoms with Gasteiger partial charge in [0.05, 0.1) is 6.61 Å². The number of rotatable bonds is 4. The zero-order valence-electron chi connectivity index (χ0n) is 8.69. The number of primary amides is 1. The van der Waals surface area contributed by atoms with Crippen LogP contribution in [0, 0.1) is 0 Å². The number of epoxide rings is 1. The molecule has 0 aromatic heterocycles. The van der Waals surface area contributed by atoms with Crippen LogP contribution in [0.3, 0.4) is 0 Å². The number of nitrogens with two attached hydrogens (primary N) is 1. The molecule has 0 bridgehead atoms. The smallest absolute Gasteiger partial charge is 0.330 e. The molecule has 1 aliphatic rings. The largest absolute Gasteiger partial charge is 0.460 e. The van der Waals surface area contributed by atoms with Crippen LogP contribution >= 0.6 is 0 Å². The molecule has 15 heavy (non-hydrogen) atoms. The Morgan fingerprint density at radius 3 is 2.40 bits per heavy atom. The van der Waals surface area contributed by atoms with E-state index in [1.807, 2.05) is 0 Å². The van der Waals surface area contributed by atoms with E-state index >= 15 is 0 Å². The normalized spacial score (nSPS) is 16.7. The Labute approximate surface area is 88.5 Å². The quantitative estimate of drug-likeness (QED) is 0.410. The molecule has 0 spiro atoms. The molecular formula is C10H15NO4. The van der Waals surface area contributed by atoms with Crippen LogP contribution < -0.4 is 5.73 Å². The van der Waals surface area contributed by atoms with Gasteiger partial charge in [-0.05, 0) is 6.92 Å². The Morgan fingerprint density at radius 2 is 2.13 bits per heavy atom. The van der Waals surface area contributed by atoms with Gasteiger partial charge in [-0.15, -0.1) is 0 Å². The Morgan fingerprint density at radius 1 is 1.67 bits per heavy atom. The summed E-state index contributed by atoms with van der Waals surface area (Å²) in [5.74, 6) is -0.819. The number of amides is 1. The second-order valence-electron chi connectivity index (χ2n) is 2.93. The highest BCUT2D eigenvalue weighted by Gasteiger charge is 2.23. The summed E-state index contributed by atoms with van der Waals surface area (Å²) in [6.07, 6.45) is 1.29. The molecule has 1 fully saturated rings. The summed E-state index contributed by atoms with van der Waals surface area (Å²) in [6.45, 7) is 9.17. The Hall–Kier alpha value is -1.62. The second-order valence-corrected chi connectivity index (χ2v) is 2.93. The second kappa shape index (κ2) is 6.78. The van der Waals surface area contributed by atoms with E-state index in [2.05, 4.69) is 17.9 Å². The summed E-state index contributed by atoms with van der Waals surface area (Å²) in [6, 6.07) is 0. The van der Waals surface area contributed by atoms with E-state index in [-0.39, 0.29) is 12.1 Å². The van der Waals surface area contributed by atoms with E-state index in [0.29, 0.717) is 18.8 Å². The summed E-state index contributed by atoms with van der Waals surface area (Å²) in [7, 11) is 0. The minimum absolute atomic E-state index is 0.147. The summed E-state index contributed by atoms with van der Waals surface area (Å²) >= 11 is 0. The predicted molar refractivity (Wildman–Crippen MR) is 54.9 cm³/mol. The number of hydrogen-bond donors (Lipinski definition) is 1. The highest BCUT2D eigenvalue weighted by Crippen LogP contribution is 2.08. The Kier molecular flexibility index (Phi) is 6.05. The van der Waals surface area contributed by atoms with E-state index in [1.54, 1.807) is 6.92 Å². The molecule has 0 radical (unpaired) electrons. The molecular weight excluding hydrogens is 198 g/mol. The van der Waals surface area contributed by atoms with Gasteiger partial charge in [0.2, 0.25) is 5.91 Å². The summed E-state index contributed by atoms with van der Waals surface area (Å²) < 4.78 is 9.42. The van der Waals surface area contributed by atoms with E-state index in [4.69, 9.17) is 10.5 Å². The molecule has 1 heterocycles. The maximum atomic E-state index is 10.3. The molecule has 1 aliphatic heterocycles. The van der Waals surface area contributed by atoms with Crippen LogP contribution in [0.25, 0.3) is 0 Å². The van der Waals surface area contributed by atoms with Gasteiger partial charge in [0.25, 0.3) is 0 Å². The van der Waals surface area contributed by atoms with Crippen LogP contribution in [0.5, 0.6) is 0 Å². The van der Waals surface area contributed by atoms with Crippen LogP contribution in [0.2, 0.25) is 0 Å². The van der Waals surface area contributed by atoms with Crippen molar-refractivity contribution in [1.29, 1.82) is 0 Å². The predicted octanol–water partition coefficient (Wildman–Crippen LogP) is 0.162. The molecule has 1 unspecified atom stereocenters. The van der Waals surface area contributed by atoms with Gasteiger partial charge in [0, 0.05) is 11.6 Å². The lowest BCUT2D eigenvalue weighted by atomic mass is 10.3. The molecule has 1 saturated heterocycles. The van der Waals surface area contributed by atoms with Crippen LogP contribution in [-0.4, -0.2) is 31.2 Å². The molecule has 1 atom stereocenters. The number of carbonyl (C=O) groups is 2. The van der Waals surface area contributed by atoms with Crippen molar-refractivity contribution in [3.8, 4) is 0 Å². The third-order valence-corrected chi connectivity index (χ3v) is 1.40. The standard InChI is InChI=1S/C6H8O3.C4H7NO/c1-2-6(7)9-4-5-3-8-5;1-3(2)4(5)6/h2,5H,1,3-4H2;1H2,2H3,(H2,5,6). The SMILES string of the molecule is C=C(C)C(N)=O.C=CC(=O)OCC1CO1. The maximum absolute atomic E-state index is 10.3. The van der Waals surface area contributed by atoms with Crippen molar-refractivity contribution in [3.05, 3.63) is 24.8 Å². The van der Waals surface area contributed by atoms with Crippen molar-refractivity contribution in [1.82, 2.24) is 0 Å². The summed E-state index contributed by atoms with van der Waals surface area (Å²) in [4.78, 5) is 20.2. The lowest BCUT2D eigenvalue weighted by Crippen LogP contribution is -2.10.